The highest BCUT2D eigenvalue weighted by atomic mass is 79.9. The molecule has 92 valence electrons. The third-order valence-corrected chi connectivity index (χ3v) is 3.02. The summed E-state index contributed by atoms with van der Waals surface area (Å²) < 4.78 is 19.0. The van der Waals surface area contributed by atoms with Gasteiger partial charge in [0.05, 0.1) is 4.47 Å². The summed E-state index contributed by atoms with van der Waals surface area (Å²) in [5, 5.41) is 0. The summed E-state index contributed by atoms with van der Waals surface area (Å²) in [5.74, 6) is 0.375. The van der Waals surface area contributed by atoms with Crippen molar-refractivity contribution in [1.82, 2.24) is 0 Å². The van der Waals surface area contributed by atoms with Gasteiger partial charge in [0.2, 0.25) is 0 Å². The van der Waals surface area contributed by atoms with Crippen molar-refractivity contribution in [2.75, 3.05) is 0 Å². The Hall–Kier alpha value is -1.68. The standard InChI is InChI=1S/C14H10BrFO2/c15-13-7-11(8-17)3-6-14(13)18-9-10-1-4-12(16)5-2-10/h1-8H,9H2. The molecule has 0 fully saturated rings. The maximum atomic E-state index is 12.7. The lowest BCUT2D eigenvalue weighted by molar-refractivity contribution is 0.112. The molecular formula is C14H10BrFO2. The van der Waals surface area contributed by atoms with Crippen LogP contribution in [-0.4, -0.2) is 6.29 Å². The minimum absolute atomic E-state index is 0.268. The monoisotopic (exact) mass is 308 g/mol. The second-order valence-electron chi connectivity index (χ2n) is 3.72. The van der Waals surface area contributed by atoms with Crippen molar-refractivity contribution in [2.24, 2.45) is 0 Å². The highest BCUT2D eigenvalue weighted by Gasteiger charge is 2.03. The lowest BCUT2D eigenvalue weighted by Gasteiger charge is -2.08. The minimum Gasteiger partial charge on any atom is -0.488 e. The van der Waals surface area contributed by atoms with E-state index in [1.54, 1.807) is 30.3 Å². The van der Waals surface area contributed by atoms with E-state index in [0.29, 0.717) is 22.4 Å². The molecule has 0 radical (unpaired) electrons. The number of hydrogen-bond acceptors (Lipinski definition) is 2. The van der Waals surface area contributed by atoms with E-state index in [2.05, 4.69) is 15.9 Å². The van der Waals surface area contributed by atoms with Gasteiger partial charge in [0.1, 0.15) is 24.5 Å². The van der Waals surface area contributed by atoms with E-state index in [0.717, 1.165) is 11.8 Å². The van der Waals surface area contributed by atoms with Crippen LogP contribution in [0.15, 0.2) is 46.9 Å². The van der Waals surface area contributed by atoms with Gasteiger partial charge in [0, 0.05) is 5.56 Å². The fourth-order valence-electron chi connectivity index (χ4n) is 1.45. The largest absolute Gasteiger partial charge is 0.488 e. The second kappa shape index (κ2) is 5.78. The quantitative estimate of drug-likeness (QED) is 0.799. The average molecular weight is 309 g/mol. The Bertz CT molecular complexity index is 552. The van der Waals surface area contributed by atoms with Gasteiger partial charge in [-0.05, 0) is 51.8 Å². The third kappa shape index (κ3) is 3.17. The Kier molecular flexibility index (Phi) is 4.10. The van der Waals surface area contributed by atoms with Crippen LogP contribution in [0.5, 0.6) is 5.75 Å². The van der Waals surface area contributed by atoms with Gasteiger partial charge >= 0.3 is 0 Å². The number of ether oxygens (including phenoxy) is 1. The summed E-state index contributed by atoms with van der Waals surface area (Å²) in [6.45, 7) is 0.347. The first kappa shape index (κ1) is 12.8. The molecule has 0 aliphatic carbocycles. The van der Waals surface area contributed by atoms with E-state index in [1.165, 1.54) is 12.1 Å². The molecule has 2 aromatic rings. The van der Waals surface area contributed by atoms with Crippen LogP contribution in [0.1, 0.15) is 15.9 Å². The van der Waals surface area contributed by atoms with Crippen molar-refractivity contribution in [3.8, 4) is 5.75 Å². The molecule has 0 N–H and O–H groups in total. The number of rotatable bonds is 4. The third-order valence-electron chi connectivity index (χ3n) is 2.40. The molecule has 0 saturated carbocycles. The molecule has 0 aliphatic heterocycles. The van der Waals surface area contributed by atoms with Gasteiger partial charge in [-0.2, -0.15) is 0 Å². The van der Waals surface area contributed by atoms with E-state index in [1.807, 2.05) is 0 Å². The summed E-state index contributed by atoms with van der Waals surface area (Å²) in [6, 6.07) is 11.2. The Morgan fingerprint density at radius 2 is 1.89 bits per heavy atom. The fraction of sp³-hybridized carbons (Fsp3) is 0.0714. The normalized spacial score (nSPS) is 10.1. The van der Waals surface area contributed by atoms with Crippen molar-refractivity contribution < 1.29 is 13.9 Å². The lowest BCUT2D eigenvalue weighted by Crippen LogP contribution is -1.96. The fourth-order valence-corrected chi connectivity index (χ4v) is 1.96. The Morgan fingerprint density at radius 1 is 1.17 bits per heavy atom. The molecule has 2 nitrogen and oxygen atoms in total. The number of halogens is 2. The predicted octanol–water partition coefficient (Wildman–Crippen LogP) is 3.98. The van der Waals surface area contributed by atoms with Crippen molar-refractivity contribution in [1.29, 1.82) is 0 Å². The van der Waals surface area contributed by atoms with Crippen LogP contribution in [0.3, 0.4) is 0 Å². The first-order chi connectivity index (χ1) is 8.69. The zero-order chi connectivity index (χ0) is 13.0. The Balaban J connectivity index is 2.06. The first-order valence-electron chi connectivity index (χ1n) is 5.31. The molecule has 4 heteroatoms. The molecule has 0 unspecified atom stereocenters. The van der Waals surface area contributed by atoms with E-state index >= 15 is 0 Å². The molecule has 0 saturated heterocycles. The molecule has 0 aliphatic rings. The van der Waals surface area contributed by atoms with E-state index in [-0.39, 0.29) is 5.82 Å². The van der Waals surface area contributed by atoms with Crippen LogP contribution in [0.25, 0.3) is 0 Å². The molecular weight excluding hydrogens is 299 g/mol. The van der Waals surface area contributed by atoms with Gasteiger partial charge in [0.15, 0.2) is 0 Å². The smallest absolute Gasteiger partial charge is 0.150 e. The van der Waals surface area contributed by atoms with E-state index in [4.69, 9.17) is 4.74 Å². The molecule has 2 aromatic carbocycles. The zero-order valence-electron chi connectivity index (χ0n) is 9.40. The first-order valence-corrected chi connectivity index (χ1v) is 6.10. The van der Waals surface area contributed by atoms with Crippen molar-refractivity contribution in [2.45, 2.75) is 6.61 Å². The number of benzene rings is 2. The summed E-state index contributed by atoms with van der Waals surface area (Å²) in [4.78, 5) is 10.6. The summed E-state index contributed by atoms with van der Waals surface area (Å²) in [7, 11) is 0. The van der Waals surface area contributed by atoms with Gasteiger partial charge in [0.25, 0.3) is 0 Å². The SMILES string of the molecule is O=Cc1ccc(OCc2ccc(F)cc2)c(Br)c1. The van der Waals surface area contributed by atoms with Gasteiger partial charge in [-0.15, -0.1) is 0 Å². The van der Waals surface area contributed by atoms with Crippen LogP contribution in [0, 0.1) is 5.82 Å². The lowest BCUT2D eigenvalue weighted by atomic mass is 10.2. The van der Waals surface area contributed by atoms with Gasteiger partial charge < -0.3 is 4.74 Å². The van der Waals surface area contributed by atoms with E-state index in [9.17, 15) is 9.18 Å². The van der Waals surface area contributed by atoms with E-state index < -0.39 is 0 Å². The van der Waals surface area contributed by atoms with Crippen molar-refractivity contribution in [3.05, 3.63) is 63.9 Å². The van der Waals surface area contributed by atoms with Crippen LogP contribution in [0.2, 0.25) is 0 Å². The number of hydrogen-bond donors (Lipinski definition) is 0. The summed E-state index contributed by atoms with van der Waals surface area (Å²) in [5.41, 5.74) is 1.46. The highest BCUT2D eigenvalue weighted by Crippen LogP contribution is 2.26. The Labute approximate surface area is 113 Å². The molecule has 0 spiro atoms. The van der Waals surface area contributed by atoms with Crippen molar-refractivity contribution in [3.63, 3.8) is 0 Å². The number of carbonyl (C=O) groups excluding carboxylic acids is 1. The summed E-state index contributed by atoms with van der Waals surface area (Å²) >= 11 is 3.33. The van der Waals surface area contributed by atoms with Gasteiger partial charge in [-0.1, -0.05) is 12.1 Å². The number of aldehydes is 1. The average Bonchev–Trinajstić information content (AvgIpc) is 2.39. The molecule has 18 heavy (non-hydrogen) atoms. The van der Waals surface area contributed by atoms with Crippen LogP contribution in [0.4, 0.5) is 4.39 Å². The molecule has 0 atom stereocenters. The minimum atomic E-state index is -0.268. The molecule has 0 aromatic heterocycles. The molecule has 0 amide bonds. The number of carbonyl (C=O) groups is 1. The van der Waals surface area contributed by atoms with Gasteiger partial charge in [-0.3, -0.25) is 4.79 Å². The second-order valence-corrected chi connectivity index (χ2v) is 4.58. The molecule has 0 bridgehead atoms. The van der Waals surface area contributed by atoms with Crippen LogP contribution >= 0.6 is 15.9 Å². The van der Waals surface area contributed by atoms with Crippen molar-refractivity contribution >= 4 is 22.2 Å². The highest BCUT2D eigenvalue weighted by molar-refractivity contribution is 9.10. The Morgan fingerprint density at radius 3 is 2.50 bits per heavy atom. The molecule has 0 heterocycles. The topological polar surface area (TPSA) is 26.3 Å². The van der Waals surface area contributed by atoms with Crippen LogP contribution < -0.4 is 4.74 Å². The molecule has 2 rings (SSSR count). The summed E-state index contributed by atoms with van der Waals surface area (Å²) in [6.07, 6.45) is 0.772. The van der Waals surface area contributed by atoms with Crippen LogP contribution in [-0.2, 0) is 6.61 Å². The maximum absolute atomic E-state index is 12.7. The zero-order valence-corrected chi connectivity index (χ0v) is 11.0. The van der Waals surface area contributed by atoms with Gasteiger partial charge in [-0.25, -0.2) is 4.39 Å². The maximum Gasteiger partial charge on any atom is 0.150 e. The predicted molar refractivity (Wildman–Crippen MR) is 70.3 cm³/mol.